The molecule has 0 aliphatic rings. The van der Waals surface area contributed by atoms with E-state index in [1.807, 2.05) is 0 Å². The first-order valence-corrected chi connectivity index (χ1v) is 9.93. The molecule has 0 rings (SSSR count). The average molecular weight is 473 g/mol. The van der Waals surface area contributed by atoms with Gasteiger partial charge in [0.25, 0.3) is 0 Å². The molecule has 0 fully saturated rings. The maximum absolute atomic E-state index is 12.7. The fraction of sp³-hybridized carbons (Fsp3) is 0.611. The maximum atomic E-state index is 12.7. The molecule has 186 valence electrons. The summed E-state index contributed by atoms with van der Waals surface area (Å²) >= 11 is 0. The molecule has 0 aromatic carbocycles. The number of nitrogens with one attached hydrogen (secondary N) is 3. The third-order valence-corrected chi connectivity index (χ3v) is 4.61. The Labute approximate surface area is 189 Å². The van der Waals surface area contributed by atoms with Crippen molar-refractivity contribution in [1.82, 2.24) is 16.0 Å². The molecule has 0 aromatic heterocycles. The molecule has 0 aliphatic heterocycles. The van der Waals surface area contributed by atoms with Crippen LogP contribution in [-0.2, 0) is 33.6 Å². The van der Waals surface area contributed by atoms with Crippen LogP contribution in [0.5, 0.6) is 0 Å². The van der Waals surface area contributed by atoms with Crippen molar-refractivity contribution >= 4 is 41.4 Å². The van der Waals surface area contributed by atoms with Crippen LogP contribution >= 0.6 is 0 Å². The van der Waals surface area contributed by atoms with Gasteiger partial charge >= 0.3 is 5.97 Å². The van der Waals surface area contributed by atoms with Crippen molar-refractivity contribution in [3.05, 3.63) is 0 Å². The second kappa shape index (κ2) is 13.6. The standard InChI is InChI=1S/C18H31N7O8/c1-3-7(2)14(18(32)33)25-17(31)10(6-13(22)28)24-16(30)9(5-12(21)27)23-15(29)8(19)4-11(20)26/h7-10,14H,3-6,19H2,1-2H3,(H2,20,26)(H2,21,27)(H2,22,28)(H,23,29)(H,24,30)(H,25,31)(H,32,33). The molecule has 12 N–H and O–H groups in total. The number of amides is 6. The number of carboxylic acids is 1. The van der Waals surface area contributed by atoms with Crippen molar-refractivity contribution in [1.29, 1.82) is 0 Å². The molecule has 0 spiro atoms. The predicted molar refractivity (Wildman–Crippen MR) is 112 cm³/mol. The topological polar surface area (TPSA) is 280 Å². The Morgan fingerprint density at radius 2 is 1.12 bits per heavy atom. The van der Waals surface area contributed by atoms with Crippen LogP contribution in [-0.4, -0.2) is 70.7 Å². The summed E-state index contributed by atoms with van der Waals surface area (Å²) in [6.07, 6.45) is -1.56. The van der Waals surface area contributed by atoms with E-state index >= 15 is 0 Å². The predicted octanol–water partition coefficient (Wildman–Crippen LogP) is -4.48. The molecule has 0 heterocycles. The van der Waals surface area contributed by atoms with E-state index in [0.717, 1.165) is 0 Å². The Morgan fingerprint density at radius 3 is 1.48 bits per heavy atom. The van der Waals surface area contributed by atoms with Gasteiger partial charge in [-0.25, -0.2) is 4.79 Å². The van der Waals surface area contributed by atoms with Crippen LogP contribution in [0.4, 0.5) is 0 Å². The molecule has 0 aromatic rings. The molecule has 0 bridgehead atoms. The summed E-state index contributed by atoms with van der Waals surface area (Å²) in [5.74, 6) is -7.83. The highest BCUT2D eigenvalue weighted by Crippen LogP contribution is 2.09. The molecule has 0 aliphatic carbocycles. The summed E-state index contributed by atoms with van der Waals surface area (Å²) in [6.45, 7) is 3.28. The summed E-state index contributed by atoms with van der Waals surface area (Å²) in [4.78, 5) is 82.5. The largest absolute Gasteiger partial charge is 0.480 e. The van der Waals surface area contributed by atoms with Crippen molar-refractivity contribution in [3.63, 3.8) is 0 Å². The number of rotatable bonds is 15. The highest BCUT2D eigenvalue weighted by atomic mass is 16.4. The van der Waals surface area contributed by atoms with Crippen molar-refractivity contribution in [2.75, 3.05) is 0 Å². The zero-order valence-corrected chi connectivity index (χ0v) is 18.3. The van der Waals surface area contributed by atoms with Crippen LogP contribution < -0.4 is 38.9 Å². The summed E-state index contributed by atoms with van der Waals surface area (Å²) in [6, 6.07) is -5.99. The smallest absolute Gasteiger partial charge is 0.326 e. The lowest BCUT2D eigenvalue weighted by Gasteiger charge is -2.25. The van der Waals surface area contributed by atoms with Crippen LogP contribution in [0.3, 0.4) is 0 Å². The van der Waals surface area contributed by atoms with Gasteiger partial charge < -0.3 is 44.0 Å². The minimum atomic E-state index is -1.62. The SMILES string of the molecule is CCC(C)C(NC(=O)C(CC(N)=O)NC(=O)C(CC(N)=O)NC(=O)C(N)CC(N)=O)C(=O)O. The normalized spacial score (nSPS) is 15.1. The first-order valence-electron chi connectivity index (χ1n) is 9.93. The van der Waals surface area contributed by atoms with Crippen LogP contribution in [0.1, 0.15) is 39.5 Å². The number of nitrogens with two attached hydrogens (primary N) is 4. The molecule has 6 amide bonds. The number of hydrogen-bond acceptors (Lipinski definition) is 8. The third-order valence-electron chi connectivity index (χ3n) is 4.61. The lowest BCUT2D eigenvalue weighted by molar-refractivity contribution is -0.144. The number of carboxylic acid groups (broad SMARTS) is 1. The van der Waals surface area contributed by atoms with Crippen LogP contribution in [0, 0.1) is 5.92 Å². The van der Waals surface area contributed by atoms with Gasteiger partial charge in [0.1, 0.15) is 18.1 Å². The van der Waals surface area contributed by atoms with Gasteiger partial charge in [0, 0.05) is 0 Å². The molecule has 5 unspecified atom stereocenters. The van der Waals surface area contributed by atoms with E-state index in [0.29, 0.717) is 6.42 Å². The van der Waals surface area contributed by atoms with Crippen LogP contribution in [0.15, 0.2) is 0 Å². The molecule has 0 radical (unpaired) electrons. The second-order valence-corrected chi connectivity index (χ2v) is 7.45. The molecule has 15 nitrogen and oxygen atoms in total. The Kier molecular flexibility index (Phi) is 12.1. The lowest BCUT2D eigenvalue weighted by atomic mass is 9.98. The van der Waals surface area contributed by atoms with Gasteiger partial charge in [-0.1, -0.05) is 20.3 Å². The van der Waals surface area contributed by atoms with Crippen LogP contribution in [0.2, 0.25) is 0 Å². The molecule has 5 atom stereocenters. The van der Waals surface area contributed by atoms with E-state index in [1.54, 1.807) is 13.8 Å². The number of carbonyl (C=O) groups is 7. The van der Waals surface area contributed by atoms with E-state index in [-0.39, 0.29) is 0 Å². The second-order valence-electron chi connectivity index (χ2n) is 7.45. The first-order chi connectivity index (χ1) is 15.2. The molecular formula is C18H31N7O8. The molecule has 33 heavy (non-hydrogen) atoms. The number of hydrogen-bond donors (Lipinski definition) is 8. The molecular weight excluding hydrogens is 442 g/mol. The summed E-state index contributed by atoms with van der Waals surface area (Å²) < 4.78 is 0. The van der Waals surface area contributed by atoms with Gasteiger partial charge in [-0.15, -0.1) is 0 Å². The number of primary amides is 3. The average Bonchev–Trinajstić information content (AvgIpc) is 2.68. The zero-order chi connectivity index (χ0) is 25.9. The lowest BCUT2D eigenvalue weighted by Crippen LogP contribution is -2.59. The summed E-state index contributed by atoms with van der Waals surface area (Å²) in [5, 5.41) is 15.8. The Balaban J connectivity index is 5.61. The van der Waals surface area contributed by atoms with E-state index in [4.69, 9.17) is 22.9 Å². The fourth-order valence-corrected chi connectivity index (χ4v) is 2.62. The third kappa shape index (κ3) is 10.9. The van der Waals surface area contributed by atoms with Crippen molar-refractivity contribution in [3.8, 4) is 0 Å². The van der Waals surface area contributed by atoms with E-state index in [9.17, 15) is 38.7 Å². The van der Waals surface area contributed by atoms with Crippen molar-refractivity contribution in [2.45, 2.75) is 63.7 Å². The number of aliphatic carboxylic acids is 1. The Morgan fingerprint density at radius 1 is 0.727 bits per heavy atom. The van der Waals surface area contributed by atoms with Crippen molar-refractivity contribution < 1.29 is 38.7 Å². The monoisotopic (exact) mass is 473 g/mol. The minimum absolute atomic E-state index is 0.405. The van der Waals surface area contributed by atoms with Crippen LogP contribution in [0.25, 0.3) is 0 Å². The molecule has 0 saturated carbocycles. The summed E-state index contributed by atoms with van der Waals surface area (Å²) in [5.41, 5.74) is 20.7. The van der Waals surface area contributed by atoms with Gasteiger partial charge in [0.05, 0.1) is 25.3 Å². The van der Waals surface area contributed by atoms with Gasteiger partial charge in [-0.2, -0.15) is 0 Å². The number of carbonyl (C=O) groups excluding carboxylic acids is 6. The fourth-order valence-electron chi connectivity index (χ4n) is 2.62. The maximum Gasteiger partial charge on any atom is 0.326 e. The highest BCUT2D eigenvalue weighted by molar-refractivity contribution is 5.98. The Hall–Kier alpha value is -3.75. The quantitative estimate of drug-likeness (QED) is 0.114. The molecule has 0 saturated heterocycles. The molecule has 15 heteroatoms. The van der Waals surface area contributed by atoms with Crippen molar-refractivity contribution in [2.24, 2.45) is 28.9 Å². The van der Waals surface area contributed by atoms with Gasteiger partial charge in [0.2, 0.25) is 35.4 Å². The summed E-state index contributed by atoms with van der Waals surface area (Å²) in [7, 11) is 0. The zero-order valence-electron chi connectivity index (χ0n) is 18.3. The van der Waals surface area contributed by atoms with E-state index in [1.165, 1.54) is 0 Å². The van der Waals surface area contributed by atoms with E-state index < -0.39 is 90.8 Å². The highest BCUT2D eigenvalue weighted by Gasteiger charge is 2.33. The van der Waals surface area contributed by atoms with E-state index in [2.05, 4.69) is 16.0 Å². The van der Waals surface area contributed by atoms with Gasteiger partial charge in [-0.05, 0) is 5.92 Å². The van der Waals surface area contributed by atoms with Gasteiger partial charge in [0.15, 0.2) is 0 Å². The Bertz CT molecular complexity index is 788. The van der Waals surface area contributed by atoms with Gasteiger partial charge in [-0.3, -0.25) is 28.8 Å². The minimum Gasteiger partial charge on any atom is -0.480 e. The first kappa shape index (κ1) is 29.2.